The predicted octanol–water partition coefficient (Wildman–Crippen LogP) is 18.1. The van der Waals surface area contributed by atoms with Crippen LogP contribution in [0.4, 0.5) is 0 Å². The van der Waals surface area contributed by atoms with Gasteiger partial charge in [-0.25, -0.2) is 4.57 Å². The van der Waals surface area contributed by atoms with Crippen molar-refractivity contribution in [1.29, 1.82) is 0 Å². The normalized spacial score (nSPS) is 13.5. The van der Waals surface area contributed by atoms with Gasteiger partial charge in [0, 0.05) is 13.0 Å². The van der Waals surface area contributed by atoms with Gasteiger partial charge in [-0.05, 0) is 38.5 Å². The van der Waals surface area contributed by atoms with Crippen LogP contribution in [0, 0.1) is 0 Å². The molecule has 2 atom stereocenters. The molecule has 0 aromatic rings. The van der Waals surface area contributed by atoms with Gasteiger partial charge in [-0.2, -0.15) is 0 Å². The van der Waals surface area contributed by atoms with Gasteiger partial charge in [-0.1, -0.05) is 257 Å². The van der Waals surface area contributed by atoms with Gasteiger partial charge in [0.15, 0.2) is 0 Å². The number of ether oxygens (including phenoxy) is 2. The van der Waals surface area contributed by atoms with Gasteiger partial charge in [-0.15, -0.1) is 0 Å². The second-order valence-corrected chi connectivity index (χ2v) is 22.5. The Morgan fingerprint density at radius 3 is 1.15 bits per heavy atom. The average Bonchev–Trinajstić information content (AvgIpc) is 3.28. The third kappa shape index (κ3) is 54.2. The highest BCUT2D eigenvalue weighted by atomic mass is 31.2. The van der Waals surface area contributed by atoms with Crippen LogP contribution in [0.2, 0.25) is 0 Å². The van der Waals surface area contributed by atoms with Gasteiger partial charge in [0.25, 0.3) is 0 Å². The fraction of sp³-hybridized carbons (Fsp3) is 0.947. The molecule has 394 valence electrons. The highest BCUT2D eigenvalue weighted by molar-refractivity contribution is 7.47. The number of hydrogen-bond acceptors (Lipinski definition) is 6. The molecular formula is C57H115NO7P+. The molecule has 0 fully saturated rings. The summed E-state index contributed by atoms with van der Waals surface area (Å²) in [4.78, 5) is 23.1. The summed E-state index contributed by atoms with van der Waals surface area (Å²) in [5.74, 6) is -0.306. The lowest BCUT2D eigenvalue weighted by atomic mass is 10.0. The summed E-state index contributed by atoms with van der Waals surface area (Å²) in [6.07, 6.45) is 59.9. The van der Waals surface area contributed by atoms with E-state index in [0.717, 1.165) is 32.1 Å². The Balaban J connectivity index is 4.02. The van der Waals surface area contributed by atoms with Crippen molar-refractivity contribution in [1.82, 2.24) is 0 Å². The second-order valence-electron chi connectivity index (χ2n) is 21.0. The number of allylic oxidation sites excluding steroid dienone is 2. The molecule has 0 radical (unpaired) electrons. The molecule has 0 spiro atoms. The summed E-state index contributed by atoms with van der Waals surface area (Å²) < 4.78 is 35.3. The van der Waals surface area contributed by atoms with Gasteiger partial charge in [0.1, 0.15) is 19.3 Å². The summed E-state index contributed by atoms with van der Waals surface area (Å²) in [5, 5.41) is 0. The number of hydrogen-bond donors (Lipinski definition) is 1. The van der Waals surface area contributed by atoms with Crippen molar-refractivity contribution in [3.63, 3.8) is 0 Å². The molecule has 1 N–H and O–H groups in total. The molecular weight excluding hydrogens is 842 g/mol. The van der Waals surface area contributed by atoms with Crippen LogP contribution in [0.3, 0.4) is 0 Å². The van der Waals surface area contributed by atoms with Crippen molar-refractivity contribution in [2.75, 3.05) is 54.1 Å². The Labute approximate surface area is 411 Å². The lowest BCUT2D eigenvalue weighted by Crippen LogP contribution is -2.37. The molecule has 0 bridgehead atoms. The Bertz CT molecular complexity index is 1070. The van der Waals surface area contributed by atoms with E-state index in [4.69, 9.17) is 18.5 Å². The Kier molecular flexibility index (Phi) is 50.0. The summed E-state index contributed by atoms with van der Waals surface area (Å²) in [6.45, 7) is 5.70. The maximum Gasteiger partial charge on any atom is 0.472 e. The van der Waals surface area contributed by atoms with E-state index in [1.807, 2.05) is 21.1 Å². The van der Waals surface area contributed by atoms with E-state index >= 15 is 0 Å². The third-order valence-electron chi connectivity index (χ3n) is 13.1. The lowest BCUT2D eigenvalue weighted by Gasteiger charge is -2.24. The first-order valence-electron chi connectivity index (χ1n) is 28.9. The number of phosphoric ester groups is 1. The molecule has 8 nitrogen and oxygen atoms in total. The van der Waals surface area contributed by atoms with Crippen molar-refractivity contribution in [3.8, 4) is 0 Å². The zero-order valence-electron chi connectivity index (χ0n) is 45.0. The third-order valence-corrected chi connectivity index (χ3v) is 14.1. The maximum atomic E-state index is 12.8. The number of carbonyl (C=O) groups is 1. The molecule has 2 unspecified atom stereocenters. The molecule has 0 aliphatic heterocycles. The molecule has 0 saturated heterocycles. The van der Waals surface area contributed by atoms with Crippen LogP contribution >= 0.6 is 7.82 Å². The largest absolute Gasteiger partial charge is 0.472 e. The number of carbonyl (C=O) groups excluding carboxylic acids is 1. The fourth-order valence-electron chi connectivity index (χ4n) is 8.61. The van der Waals surface area contributed by atoms with Crippen LogP contribution < -0.4 is 0 Å². The predicted molar refractivity (Wildman–Crippen MR) is 284 cm³/mol. The molecule has 0 amide bonds. The van der Waals surface area contributed by atoms with E-state index in [0.29, 0.717) is 24.1 Å². The number of quaternary nitrogens is 1. The Hall–Kier alpha value is -0.760. The van der Waals surface area contributed by atoms with E-state index in [1.165, 1.54) is 238 Å². The van der Waals surface area contributed by atoms with Crippen molar-refractivity contribution in [3.05, 3.63) is 12.2 Å². The molecule has 9 heteroatoms. The number of likely N-dealkylation sites (N-methyl/N-ethyl adjacent to an activating group) is 1. The molecule has 0 saturated carbocycles. The standard InChI is InChI=1S/C57H114NO7P/c1-6-8-10-12-14-16-18-20-22-24-26-27-28-29-30-31-32-34-36-38-40-42-44-46-48-50-57(59)65-56(55-64-66(60,61)63-53-51-58(3,4)5)54-62-52-49-47-45-43-41-39-37-35-33-25-23-21-19-17-15-13-11-9-7-2/h24,26,56H,6-23,25,27-55H2,1-5H3/p+1/b26-24-. The second kappa shape index (κ2) is 50.6. The number of phosphoric acid groups is 1. The van der Waals surface area contributed by atoms with Crippen molar-refractivity contribution < 1.29 is 37.3 Å². The van der Waals surface area contributed by atoms with Crippen molar-refractivity contribution in [2.45, 2.75) is 296 Å². The zero-order chi connectivity index (χ0) is 48.3. The van der Waals surface area contributed by atoms with Crippen LogP contribution in [0.15, 0.2) is 12.2 Å². The first-order chi connectivity index (χ1) is 32.1. The Morgan fingerprint density at radius 2 is 0.788 bits per heavy atom. The van der Waals surface area contributed by atoms with Crippen molar-refractivity contribution in [2.24, 2.45) is 0 Å². The fourth-order valence-corrected chi connectivity index (χ4v) is 9.35. The van der Waals surface area contributed by atoms with E-state index in [1.54, 1.807) is 0 Å². The van der Waals surface area contributed by atoms with E-state index in [-0.39, 0.29) is 25.8 Å². The van der Waals surface area contributed by atoms with Gasteiger partial charge in [-0.3, -0.25) is 13.8 Å². The van der Waals surface area contributed by atoms with Gasteiger partial charge >= 0.3 is 13.8 Å². The molecule has 66 heavy (non-hydrogen) atoms. The molecule has 0 heterocycles. The average molecular weight is 958 g/mol. The zero-order valence-corrected chi connectivity index (χ0v) is 45.9. The number of rotatable bonds is 55. The quantitative estimate of drug-likeness (QED) is 0.0213. The summed E-state index contributed by atoms with van der Waals surface area (Å²) >= 11 is 0. The minimum Gasteiger partial charge on any atom is -0.457 e. The van der Waals surface area contributed by atoms with Crippen molar-refractivity contribution >= 4 is 13.8 Å². The lowest BCUT2D eigenvalue weighted by molar-refractivity contribution is -0.870. The monoisotopic (exact) mass is 957 g/mol. The highest BCUT2D eigenvalue weighted by Gasteiger charge is 2.26. The molecule has 0 rings (SSSR count). The molecule has 0 aromatic carbocycles. The van der Waals surface area contributed by atoms with E-state index < -0.39 is 13.9 Å². The van der Waals surface area contributed by atoms with Crippen LogP contribution in [0.5, 0.6) is 0 Å². The van der Waals surface area contributed by atoms with E-state index in [9.17, 15) is 14.3 Å². The first kappa shape index (κ1) is 65.2. The molecule has 0 aliphatic carbocycles. The van der Waals surface area contributed by atoms with Crippen LogP contribution in [0.1, 0.15) is 290 Å². The maximum absolute atomic E-state index is 12.8. The topological polar surface area (TPSA) is 91.3 Å². The summed E-state index contributed by atoms with van der Waals surface area (Å²) in [6, 6.07) is 0. The molecule has 0 aromatic heterocycles. The van der Waals surface area contributed by atoms with Gasteiger partial charge < -0.3 is 18.9 Å². The summed E-state index contributed by atoms with van der Waals surface area (Å²) in [5.41, 5.74) is 0. The summed E-state index contributed by atoms with van der Waals surface area (Å²) in [7, 11) is 1.69. The van der Waals surface area contributed by atoms with Gasteiger partial charge in [0.2, 0.25) is 0 Å². The number of esters is 1. The van der Waals surface area contributed by atoms with Crippen LogP contribution in [-0.4, -0.2) is 75.6 Å². The van der Waals surface area contributed by atoms with Crippen LogP contribution in [-0.2, 0) is 27.9 Å². The highest BCUT2D eigenvalue weighted by Crippen LogP contribution is 2.43. The smallest absolute Gasteiger partial charge is 0.457 e. The van der Waals surface area contributed by atoms with Gasteiger partial charge in [0.05, 0.1) is 34.4 Å². The molecule has 0 aliphatic rings. The minimum atomic E-state index is -4.28. The number of unbranched alkanes of at least 4 members (excludes halogenated alkanes) is 39. The minimum absolute atomic E-state index is 0.0928. The SMILES string of the molecule is CCCCCCCCCC/C=C\CCCCCCCCCCCCCCCC(=O)OC(COCCCCCCCCCCCCCCCCCCCCC)COP(=O)(O)OCC[N+](C)(C)C. The van der Waals surface area contributed by atoms with E-state index in [2.05, 4.69) is 26.0 Å². The Morgan fingerprint density at radius 1 is 0.455 bits per heavy atom. The number of nitrogens with zero attached hydrogens (tertiary/aromatic N) is 1. The van der Waals surface area contributed by atoms with Crippen LogP contribution in [0.25, 0.3) is 0 Å². The first-order valence-corrected chi connectivity index (χ1v) is 30.4.